The van der Waals surface area contributed by atoms with Gasteiger partial charge in [-0.05, 0) is 97.7 Å². The number of aryl methyl sites for hydroxylation is 1. The second kappa shape index (κ2) is 20.6. The van der Waals surface area contributed by atoms with Crippen molar-refractivity contribution in [3.63, 3.8) is 0 Å². The fraction of sp³-hybridized carbons (Fsp3) is 0.511. The number of phenolic OH excluding ortho intramolecular Hbond substituents is 1. The summed E-state index contributed by atoms with van der Waals surface area (Å²) < 4.78 is 35.6. The van der Waals surface area contributed by atoms with Crippen LogP contribution in [0.3, 0.4) is 0 Å². The monoisotopic (exact) mass is 860 g/mol. The summed E-state index contributed by atoms with van der Waals surface area (Å²) in [6, 6.07) is 13.7. The number of nitrogens with one attached hydrogen (secondary N) is 2. The number of amides is 3. The maximum Gasteiger partial charge on any atom is 0.293 e. The van der Waals surface area contributed by atoms with Crippen molar-refractivity contribution in [2.75, 3.05) is 33.9 Å². The summed E-state index contributed by atoms with van der Waals surface area (Å²) in [6.45, 7) is 14.5. The van der Waals surface area contributed by atoms with Crippen molar-refractivity contribution in [2.24, 2.45) is 11.3 Å². The maximum absolute atomic E-state index is 14.0. The molecule has 6 rings (SSSR count). The number of aromatic nitrogens is 2. The molecule has 62 heavy (non-hydrogen) atoms. The zero-order valence-electron chi connectivity index (χ0n) is 37.2. The Morgan fingerprint density at radius 3 is 2.40 bits per heavy atom. The normalized spacial score (nSPS) is 16.1. The summed E-state index contributed by atoms with van der Waals surface area (Å²) in [5.41, 5.74) is 9.82. The van der Waals surface area contributed by atoms with E-state index in [1.807, 2.05) is 39.0 Å². The summed E-state index contributed by atoms with van der Waals surface area (Å²) in [7, 11) is 3.22. The van der Waals surface area contributed by atoms with Gasteiger partial charge in [0.25, 0.3) is 12.4 Å². The number of pyridine rings is 1. The number of hydrazine groups is 1. The Morgan fingerprint density at radius 2 is 1.81 bits per heavy atom. The second-order valence-corrected chi connectivity index (χ2v) is 17.4. The predicted octanol–water partition coefficient (Wildman–Crippen LogP) is 7.23. The topological polar surface area (TPSA) is 155 Å². The molecule has 3 atom stereocenters. The summed E-state index contributed by atoms with van der Waals surface area (Å²) in [4.78, 5) is 56.7. The molecular formula is C47H62F2N6O7. The molecule has 1 aliphatic carbocycles. The number of methoxy groups -OCH3 is 1. The van der Waals surface area contributed by atoms with Crippen molar-refractivity contribution in [1.29, 1.82) is 0 Å². The van der Waals surface area contributed by atoms with E-state index in [4.69, 9.17) is 14.5 Å². The molecule has 15 heteroatoms. The van der Waals surface area contributed by atoms with Crippen LogP contribution in [-0.2, 0) is 48.0 Å². The molecule has 336 valence electrons. The van der Waals surface area contributed by atoms with Crippen molar-refractivity contribution >= 4 is 35.6 Å². The smallest absolute Gasteiger partial charge is 0.293 e. The van der Waals surface area contributed by atoms with Crippen molar-refractivity contribution in [3.8, 4) is 28.1 Å². The lowest BCUT2D eigenvalue weighted by atomic mass is 9.84. The van der Waals surface area contributed by atoms with Crippen LogP contribution in [0.4, 0.5) is 8.78 Å². The molecule has 1 saturated heterocycles. The molecule has 4 aromatic rings. The SMILES string of the molecule is CCn1c(-c2cccnc2C(C)OC)c(CC(C)(C)COC=O)c2cc(-c3cc(O)cc(CC(NC(=O)C(C(C)C)N(C)C=O)C(=O)N4CCCCN4)c3)ccc21.FC1(F)CC1. The van der Waals surface area contributed by atoms with Gasteiger partial charge in [0.15, 0.2) is 0 Å². The number of carbonyl (C=O) groups is 4. The van der Waals surface area contributed by atoms with Crippen molar-refractivity contribution in [1.82, 2.24) is 30.2 Å². The van der Waals surface area contributed by atoms with E-state index in [0.29, 0.717) is 44.5 Å². The largest absolute Gasteiger partial charge is 0.508 e. The zero-order valence-corrected chi connectivity index (χ0v) is 37.2. The molecule has 2 aromatic carbocycles. The minimum atomic E-state index is -2.25. The fourth-order valence-electron chi connectivity index (χ4n) is 8.10. The first kappa shape index (κ1) is 47.6. The Balaban J connectivity index is 0.00000135. The molecule has 2 fully saturated rings. The van der Waals surface area contributed by atoms with Gasteiger partial charge < -0.3 is 29.4 Å². The molecule has 3 heterocycles. The number of benzene rings is 2. The summed E-state index contributed by atoms with van der Waals surface area (Å²) in [5.74, 6) is -3.15. The average Bonchev–Trinajstić information content (AvgIpc) is 3.87. The number of alkyl halides is 2. The molecule has 3 amide bonds. The zero-order chi connectivity index (χ0) is 45.4. The number of carbonyl (C=O) groups excluding carboxylic acids is 4. The number of hydrogen-bond acceptors (Lipinski definition) is 9. The van der Waals surface area contributed by atoms with E-state index in [-0.39, 0.29) is 49.5 Å². The second-order valence-electron chi connectivity index (χ2n) is 17.4. The van der Waals surface area contributed by atoms with Crippen LogP contribution in [0.1, 0.15) is 90.2 Å². The van der Waals surface area contributed by atoms with Crippen LogP contribution in [-0.4, -0.2) is 101 Å². The minimum absolute atomic E-state index is 0.0182. The Bertz CT molecular complexity index is 2200. The molecule has 1 saturated carbocycles. The first-order valence-electron chi connectivity index (χ1n) is 21.4. The number of hydrogen-bond donors (Lipinski definition) is 3. The summed E-state index contributed by atoms with van der Waals surface area (Å²) >= 11 is 0. The van der Waals surface area contributed by atoms with Crippen LogP contribution in [0.2, 0.25) is 0 Å². The lowest BCUT2D eigenvalue weighted by Gasteiger charge is -2.33. The third-order valence-electron chi connectivity index (χ3n) is 11.4. The van der Waals surface area contributed by atoms with Gasteiger partial charge in [-0.2, -0.15) is 0 Å². The van der Waals surface area contributed by atoms with Gasteiger partial charge in [0.05, 0.1) is 24.1 Å². The fourth-order valence-corrected chi connectivity index (χ4v) is 8.10. The first-order chi connectivity index (χ1) is 29.4. The van der Waals surface area contributed by atoms with E-state index in [2.05, 4.69) is 54.3 Å². The van der Waals surface area contributed by atoms with Gasteiger partial charge >= 0.3 is 0 Å². The van der Waals surface area contributed by atoms with Gasteiger partial charge in [0.1, 0.15) is 17.8 Å². The third-order valence-corrected chi connectivity index (χ3v) is 11.4. The quantitative estimate of drug-likeness (QED) is 0.0880. The molecule has 3 N–H and O–H groups in total. The highest BCUT2D eigenvalue weighted by Crippen LogP contribution is 2.42. The van der Waals surface area contributed by atoms with Gasteiger partial charge in [0, 0.05) is 81.1 Å². The molecule has 0 radical (unpaired) electrons. The number of rotatable bonds is 18. The summed E-state index contributed by atoms with van der Waals surface area (Å²) in [6.07, 6.45) is 4.81. The number of fused-ring (bicyclic) bond motifs is 1. The molecule has 3 unspecified atom stereocenters. The van der Waals surface area contributed by atoms with Crippen LogP contribution in [0.25, 0.3) is 33.3 Å². The highest BCUT2D eigenvalue weighted by atomic mass is 19.3. The number of phenols is 1. The maximum atomic E-state index is 14.0. The van der Waals surface area contributed by atoms with E-state index in [1.165, 1.54) is 4.90 Å². The Morgan fingerprint density at radius 1 is 1.08 bits per heavy atom. The van der Waals surface area contributed by atoms with Crippen LogP contribution >= 0.6 is 0 Å². The van der Waals surface area contributed by atoms with Gasteiger partial charge in [0.2, 0.25) is 18.2 Å². The van der Waals surface area contributed by atoms with Gasteiger partial charge in [-0.1, -0.05) is 39.8 Å². The first-order valence-corrected chi connectivity index (χ1v) is 21.4. The van der Waals surface area contributed by atoms with Gasteiger partial charge in [-0.3, -0.25) is 29.2 Å². The van der Waals surface area contributed by atoms with E-state index in [0.717, 1.165) is 57.4 Å². The van der Waals surface area contributed by atoms with Crippen LogP contribution in [0, 0.1) is 11.3 Å². The molecule has 1 aliphatic heterocycles. The highest BCUT2D eigenvalue weighted by Gasteiger charge is 2.43. The highest BCUT2D eigenvalue weighted by molar-refractivity contribution is 5.95. The van der Waals surface area contributed by atoms with Gasteiger partial charge in [-0.25, -0.2) is 14.2 Å². The number of ether oxygens (including phenoxy) is 2. The lowest BCUT2D eigenvalue weighted by Crippen LogP contribution is -2.58. The van der Waals surface area contributed by atoms with E-state index >= 15 is 0 Å². The third kappa shape index (κ3) is 11.7. The van der Waals surface area contributed by atoms with Crippen molar-refractivity contribution < 1.29 is 42.5 Å². The molecule has 2 aliphatic rings. The van der Waals surface area contributed by atoms with Crippen LogP contribution < -0.4 is 10.7 Å². The standard InChI is InChI=1S/C44H58N6O7.C3H4F2/c1-9-49-38-15-14-31(23-35(38)36(24-44(5,6)25-57-27-52)41(49)34-13-12-16-45-39(34)29(4)56-8)32-19-30(20-33(53)22-32)21-37(43(55)50-18-11-10-17-46-50)47-42(54)40(28(2)3)48(7)26-51;4-3(5)1-2-3/h12-16,19-20,22-23,26-29,37,40,46,53H,9-11,17-18,21,24-25H2,1-8H3,(H,47,54);1-2H2. The molecule has 0 spiro atoms. The Kier molecular flexibility index (Phi) is 15.9. The minimum Gasteiger partial charge on any atom is -0.508 e. The van der Waals surface area contributed by atoms with Crippen molar-refractivity contribution in [3.05, 3.63) is 71.5 Å². The average molecular weight is 861 g/mol. The number of halogens is 2. The number of nitrogens with zero attached hydrogens (tertiary/aromatic N) is 4. The summed E-state index contributed by atoms with van der Waals surface area (Å²) in [5, 5.41) is 16.7. The Hall–Kier alpha value is -5.41. The Labute approximate surface area is 363 Å². The molecule has 2 aromatic heterocycles. The molecule has 13 nitrogen and oxygen atoms in total. The van der Waals surface area contributed by atoms with E-state index < -0.39 is 29.3 Å². The van der Waals surface area contributed by atoms with Crippen LogP contribution in [0.5, 0.6) is 5.75 Å². The lowest BCUT2D eigenvalue weighted by molar-refractivity contribution is -0.142. The van der Waals surface area contributed by atoms with Crippen molar-refractivity contribution in [2.45, 2.75) is 111 Å². The molecular weight excluding hydrogens is 799 g/mol. The van der Waals surface area contributed by atoms with E-state index in [1.54, 1.807) is 37.5 Å². The molecule has 0 bridgehead atoms. The van der Waals surface area contributed by atoms with Crippen LogP contribution in [0.15, 0.2) is 54.7 Å². The van der Waals surface area contributed by atoms with E-state index in [9.17, 15) is 33.1 Å². The predicted molar refractivity (Wildman–Crippen MR) is 234 cm³/mol. The number of likely N-dealkylation sites (N-methyl/N-ethyl adjacent to an activating group) is 1. The van der Waals surface area contributed by atoms with Gasteiger partial charge in [-0.15, -0.1) is 0 Å². The number of aromatic hydroxyl groups is 1.